The van der Waals surface area contributed by atoms with E-state index in [1.54, 1.807) is 0 Å². The topological polar surface area (TPSA) is 123 Å². The number of alkyl carbamates (subject to hydrolysis) is 1. The molecule has 0 saturated carbocycles. The first-order valence-electron chi connectivity index (χ1n) is 12.2. The lowest BCUT2D eigenvalue weighted by atomic mass is 9.98. The number of benzene rings is 2. The van der Waals surface area contributed by atoms with Crippen molar-refractivity contribution in [2.75, 3.05) is 26.0 Å². The predicted molar refractivity (Wildman–Crippen MR) is 142 cm³/mol. The minimum absolute atomic E-state index is 0.0128. The molecule has 1 aliphatic carbocycles. The fourth-order valence-corrected chi connectivity index (χ4v) is 4.67. The highest BCUT2D eigenvalue weighted by atomic mass is 32.1. The number of esters is 1. The van der Waals surface area contributed by atoms with E-state index in [0.29, 0.717) is 25.8 Å². The third-order valence-corrected chi connectivity index (χ3v) is 6.58. The van der Waals surface area contributed by atoms with Crippen molar-refractivity contribution in [2.24, 2.45) is 0 Å². The van der Waals surface area contributed by atoms with Gasteiger partial charge in [-0.1, -0.05) is 48.5 Å². The van der Waals surface area contributed by atoms with Crippen molar-refractivity contribution in [1.82, 2.24) is 16.0 Å². The molecule has 1 unspecified atom stereocenters. The number of fused-ring (bicyclic) bond motifs is 3. The van der Waals surface area contributed by atoms with Crippen LogP contribution in [-0.4, -0.2) is 62.0 Å². The number of thiol groups is 1. The summed E-state index contributed by atoms with van der Waals surface area (Å²) in [5.74, 6) is -1.40. The van der Waals surface area contributed by atoms with Crippen LogP contribution in [0.2, 0.25) is 0 Å². The molecule has 198 valence electrons. The summed E-state index contributed by atoms with van der Waals surface area (Å²) in [4.78, 5) is 48.1. The summed E-state index contributed by atoms with van der Waals surface area (Å²) in [6, 6.07) is 14.5. The van der Waals surface area contributed by atoms with Gasteiger partial charge in [0.05, 0.1) is 7.11 Å². The van der Waals surface area contributed by atoms with Crippen LogP contribution in [0.1, 0.15) is 43.2 Å². The summed E-state index contributed by atoms with van der Waals surface area (Å²) in [5.41, 5.74) is 4.62. The number of amides is 3. The first-order valence-corrected chi connectivity index (χ1v) is 12.8. The Hall–Kier alpha value is -3.53. The average Bonchev–Trinajstić information content (AvgIpc) is 3.22. The number of nitrogens with one attached hydrogen (secondary N) is 3. The first kappa shape index (κ1) is 28.0. The standard InChI is InChI=1S/C27H33N3O6S/c1-17(31)29-24(16-37)25(32)30-23(26(33)35-2)13-7-8-14-28-27(34)36-15-22-20-11-5-3-9-18(20)19-10-4-6-12-21(19)22/h3-6,9-12,22-24,37H,7-8,13-16H2,1-2H3,(H,28,34)(H,29,31)(H,30,32)/t23?,24-/m0/s1. The van der Waals surface area contributed by atoms with E-state index >= 15 is 0 Å². The number of rotatable bonds is 12. The van der Waals surface area contributed by atoms with Gasteiger partial charge in [0.15, 0.2) is 0 Å². The number of hydrogen-bond donors (Lipinski definition) is 4. The molecule has 10 heteroatoms. The molecule has 0 aromatic heterocycles. The molecular weight excluding hydrogens is 494 g/mol. The first-order chi connectivity index (χ1) is 17.8. The van der Waals surface area contributed by atoms with Gasteiger partial charge in [-0.25, -0.2) is 9.59 Å². The van der Waals surface area contributed by atoms with E-state index in [2.05, 4.69) is 52.8 Å². The van der Waals surface area contributed by atoms with Crippen LogP contribution in [-0.2, 0) is 23.9 Å². The molecular formula is C27H33N3O6S. The number of carbonyl (C=O) groups is 4. The van der Waals surface area contributed by atoms with E-state index in [-0.39, 0.29) is 24.2 Å². The van der Waals surface area contributed by atoms with E-state index < -0.39 is 30.1 Å². The van der Waals surface area contributed by atoms with E-state index in [4.69, 9.17) is 9.47 Å². The van der Waals surface area contributed by atoms with Crippen LogP contribution in [0.5, 0.6) is 0 Å². The molecule has 1 aliphatic rings. The zero-order valence-corrected chi connectivity index (χ0v) is 21.9. The van der Waals surface area contributed by atoms with Crippen LogP contribution >= 0.6 is 12.6 Å². The molecule has 3 amide bonds. The van der Waals surface area contributed by atoms with Gasteiger partial charge >= 0.3 is 12.1 Å². The summed E-state index contributed by atoms with van der Waals surface area (Å²) in [6.45, 7) is 1.88. The van der Waals surface area contributed by atoms with Crippen molar-refractivity contribution in [3.8, 4) is 11.1 Å². The van der Waals surface area contributed by atoms with E-state index in [1.807, 2.05) is 24.3 Å². The Bertz CT molecular complexity index is 1080. The van der Waals surface area contributed by atoms with Crippen LogP contribution in [0, 0.1) is 0 Å². The lowest BCUT2D eigenvalue weighted by molar-refractivity contribution is -0.145. The van der Waals surface area contributed by atoms with Gasteiger partial charge in [-0.05, 0) is 41.5 Å². The number of methoxy groups -OCH3 is 1. The monoisotopic (exact) mass is 527 g/mol. The molecule has 0 fully saturated rings. The predicted octanol–water partition coefficient (Wildman–Crippen LogP) is 2.79. The maximum absolute atomic E-state index is 12.4. The average molecular weight is 528 g/mol. The van der Waals surface area contributed by atoms with Gasteiger partial charge in [0.2, 0.25) is 11.8 Å². The van der Waals surface area contributed by atoms with Gasteiger partial charge < -0.3 is 25.4 Å². The molecule has 0 radical (unpaired) electrons. The normalized spacial score (nSPS) is 13.5. The van der Waals surface area contributed by atoms with Crippen LogP contribution in [0.25, 0.3) is 11.1 Å². The molecule has 9 nitrogen and oxygen atoms in total. The van der Waals surface area contributed by atoms with Crippen LogP contribution in [0.15, 0.2) is 48.5 Å². The molecule has 3 rings (SSSR count). The van der Waals surface area contributed by atoms with Gasteiger partial charge in [0.25, 0.3) is 0 Å². The van der Waals surface area contributed by atoms with Gasteiger partial charge in [-0.2, -0.15) is 12.6 Å². The molecule has 2 atom stereocenters. The molecule has 0 heterocycles. The zero-order valence-electron chi connectivity index (χ0n) is 21.0. The largest absolute Gasteiger partial charge is 0.467 e. The van der Waals surface area contributed by atoms with E-state index in [0.717, 1.165) is 22.3 Å². The quantitative estimate of drug-likeness (QED) is 0.191. The summed E-state index contributed by atoms with van der Waals surface area (Å²) < 4.78 is 10.3. The molecule has 0 aliphatic heterocycles. The second-order valence-electron chi connectivity index (χ2n) is 8.77. The number of hydrogen-bond acceptors (Lipinski definition) is 7. The zero-order chi connectivity index (χ0) is 26.8. The van der Waals surface area contributed by atoms with Crippen molar-refractivity contribution in [3.63, 3.8) is 0 Å². The van der Waals surface area contributed by atoms with Crippen LogP contribution in [0.3, 0.4) is 0 Å². The highest BCUT2D eigenvalue weighted by Gasteiger charge is 2.29. The Morgan fingerprint density at radius 2 is 1.54 bits per heavy atom. The Morgan fingerprint density at radius 3 is 2.11 bits per heavy atom. The SMILES string of the molecule is COC(=O)C(CCCCNC(=O)OCC1c2ccccc2-c2ccccc21)NC(=O)[C@H](CS)NC(C)=O. The Labute approximate surface area is 222 Å². The summed E-state index contributed by atoms with van der Waals surface area (Å²) in [5, 5.41) is 7.82. The molecule has 2 aromatic carbocycles. The highest BCUT2D eigenvalue weighted by Crippen LogP contribution is 2.44. The van der Waals surface area contributed by atoms with Gasteiger partial charge in [-0.3, -0.25) is 9.59 Å². The minimum atomic E-state index is -0.872. The number of unbranched alkanes of at least 4 members (excludes halogenated alkanes) is 1. The number of carbonyl (C=O) groups excluding carboxylic acids is 4. The molecule has 2 aromatic rings. The Balaban J connectivity index is 1.42. The smallest absolute Gasteiger partial charge is 0.407 e. The van der Waals surface area contributed by atoms with Crippen molar-refractivity contribution in [1.29, 1.82) is 0 Å². The molecule has 37 heavy (non-hydrogen) atoms. The lowest BCUT2D eigenvalue weighted by Gasteiger charge is -2.20. The van der Waals surface area contributed by atoms with Gasteiger partial charge in [0, 0.05) is 25.1 Å². The van der Waals surface area contributed by atoms with Crippen molar-refractivity contribution in [3.05, 3.63) is 59.7 Å². The van der Waals surface area contributed by atoms with Gasteiger partial charge in [-0.15, -0.1) is 0 Å². The van der Waals surface area contributed by atoms with Crippen molar-refractivity contribution < 1.29 is 28.7 Å². The van der Waals surface area contributed by atoms with Crippen molar-refractivity contribution in [2.45, 2.75) is 44.2 Å². The molecule has 0 bridgehead atoms. The lowest BCUT2D eigenvalue weighted by Crippen LogP contribution is -2.52. The highest BCUT2D eigenvalue weighted by molar-refractivity contribution is 7.80. The van der Waals surface area contributed by atoms with Crippen LogP contribution < -0.4 is 16.0 Å². The summed E-state index contributed by atoms with van der Waals surface area (Å²) >= 11 is 4.07. The Morgan fingerprint density at radius 1 is 0.919 bits per heavy atom. The number of ether oxygens (including phenoxy) is 2. The second kappa shape index (κ2) is 13.7. The van der Waals surface area contributed by atoms with Gasteiger partial charge in [0.1, 0.15) is 18.7 Å². The third-order valence-electron chi connectivity index (χ3n) is 6.21. The van der Waals surface area contributed by atoms with E-state index in [1.165, 1.54) is 14.0 Å². The second-order valence-corrected chi connectivity index (χ2v) is 9.13. The molecule has 0 saturated heterocycles. The van der Waals surface area contributed by atoms with Crippen LogP contribution in [0.4, 0.5) is 4.79 Å². The molecule has 3 N–H and O–H groups in total. The fourth-order valence-electron chi connectivity index (χ4n) is 4.42. The summed E-state index contributed by atoms with van der Waals surface area (Å²) in [7, 11) is 1.24. The Kier molecular flexibility index (Phi) is 10.4. The summed E-state index contributed by atoms with van der Waals surface area (Å²) in [6.07, 6.45) is 0.904. The molecule has 0 spiro atoms. The maximum atomic E-state index is 12.4. The fraction of sp³-hybridized carbons (Fsp3) is 0.407. The van der Waals surface area contributed by atoms with E-state index in [9.17, 15) is 19.2 Å². The maximum Gasteiger partial charge on any atom is 0.407 e. The minimum Gasteiger partial charge on any atom is -0.467 e. The van der Waals surface area contributed by atoms with Crippen molar-refractivity contribution >= 4 is 36.5 Å². The third kappa shape index (κ3) is 7.48.